The Kier molecular flexibility index (Phi) is 6.74. The molecule has 0 unspecified atom stereocenters. The Morgan fingerprint density at radius 2 is 1.86 bits per heavy atom. The molecule has 2 amide bonds. The second-order valence-electron chi connectivity index (χ2n) is 4.28. The number of methoxy groups -OCH3 is 1. The monoisotopic (exact) mass is 288 g/mol. The van der Waals surface area contributed by atoms with Gasteiger partial charge < -0.3 is 15.0 Å². The number of nitrogens with zero attached hydrogens (tertiary/aromatic N) is 1. The van der Waals surface area contributed by atoms with Crippen LogP contribution in [0.15, 0.2) is 49.6 Å². The topological polar surface area (TPSA) is 58.6 Å². The number of hydrogen-bond donors (Lipinski definition) is 1. The molecule has 1 aromatic rings. The first-order valence-electron chi connectivity index (χ1n) is 6.54. The molecule has 0 aliphatic carbocycles. The molecule has 0 aliphatic heterocycles. The van der Waals surface area contributed by atoms with Crippen molar-refractivity contribution in [3.8, 4) is 5.75 Å². The third kappa shape index (κ3) is 4.80. The van der Waals surface area contributed by atoms with Crippen LogP contribution in [0.25, 0.3) is 0 Å². The summed E-state index contributed by atoms with van der Waals surface area (Å²) in [6.07, 6.45) is 3.13. The van der Waals surface area contributed by atoms with E-state index in [1.807, 2.05) is 18.2 Å². The molecule has 0 fully saturated rings. The van der Waals surface area contributed by atoms with Crippen LogP contribution in [0.1, 0.15) is 5.56 Å². The zero-order valence-corrected chi connectivity index (χ0v) is 12.2. The number of nitrogens with one attached hydrogen (secondary N) is 1. The lowest BCUT2D eigenvalue weighted by Gasteiger charge is -2.18. The molecule has 0 aliphatic rings. The van der Waals surface area contributed by atoms with E-state index in [0.717, 1.165) is 5.56 Å². The maximum atomic E-state index is 12.0. The van der Waals surface area contributed by atoms with Gasteiger partial charge in [-0.05, 0) is 6.07 Å². The Hall–Kier alpha value is -2.56. The summed E-state index contributed by atoms with van der Waals surface area (Å²) in [6.45, 7) is 7.95. The summed E-state index contributed by atoms with van der Waals surface area (Å²) in [5.74, 6) is -0.603. The number of benzene rings is 1. The van der Waals surface area contributed by atoms with E-state index in [2.05, 4.69) is 18.5 Å². The standard InChI is InChI=1S/C16H20N2O3/c1-4-10-18(11-5-2)16(20)15(19)17-12-13-8-6-7-9-14(13)21-3/h4-9H,1-2,10-12H2,3H3,(H,17,19). The average Bonchev–Trinajstić information content (AvgIpc) is 2.51. The fourth-order valence-electron chi connectivity index (χ4n) is 1.80. The van der Waals surface area contributed by atoms with Gasteiger partial charge in [0.1, 0.15) is 5.75 Å². The van der Waals surface area contributed by atoms with E-state index in [1.165, 1.54) is 4.90 Å². The van der Waals surface area contributed by atoms with Gasteiger partial charge in [-0.3, -0.25) is 9.59 Å². The Morgan fingerprint density at radius 3 is 2.43 bits per heavy atom. The summed E-state index contributed by atoms with van der Waals surface area (Å²) in [7, 11) is 1.56. The van der Waals surface area contributed by atoms with Crippen molar-refractivity contribution < 1.29 is 14.3 Å². The molecule has 112 valence electrons. The summed E-state index contributed by atoms with van der Waals surface area (Å²) < 4.78 is 5.19. The van der Waals surface area contributed by atoms with Crippen molar-refractivity contribution in [1.29, 1.82) is 0 Å². The highest BCUT2D eigenvalue weighted by atomic mass is 16.5. The number of amides is 2. The van der Waals surface area contributed by atoms with Crippen LogP contribution < -0.4 is 10.1 Å². The summed E-state index contributed by atoms with van der Waals surface area (Å²) in [6, 6.07) is 7.30. The highest BCUT2D eigenvalue weighted by Gasteiger charge is 2.19. The van der Waals surface area contributed by atoms with Crippen molar-refractivity contribution >= 4 is 11.8 Å². The minimum Gasteiger partial charge on any atom is -0.496 e. The number of ether oxygens (including phenoxy) is 1. The van der Waals surface area contributed by atoms with Gasteiger partial charge in [-0.25, -0.2) is 0 Å². The number of hydrogen-bond acceptors (Lipinski definition) is 3. The van der Waals surface area contributed by atoms with Crippen molar-refractivity contribution in [1.82, 2.24) is 10.2 Å². The van der Waals surface area contributed by atoms with Crippen LogP contribution in [0.5, 0.6) is 5.75 Å². The predicted molar refractivity (Wildman–Crippen MR) is 81.8 cm³/mol. The Balaban J connectivity index is 2.65. The highest BCUT2D eigenvalue weighted by Crippen LogP contribution is 2.16. The SMILES string of the molecule is C=CCN(CC=C)C(=O)C(=O)NCc1ccccc1OC. The molecule has 5 nitrogen and oxygen atoms in total. The third-order valence-electron chi connectivity index (χ3n) is 2.81. The summed E-state index contributed by atoms with van der Waals surface area (Å²) in [4.78, 5) is 25.2. The minimum absolute atomic E-state index is 0.227. The molecule has 0 saturated carbocycles. The quantitative estimate of drug-likeness (QED) is 0.611. The molecule has 1 rings (SSSR count). The van der Waals surface area contributed by atoms with Crippen LogP contribution in [-0.4, -0.2) is 36.9 Å². The van der Waals surface area contributed by atoms with Crippen LogP contribution in [0, 0.1) is 0 Å². The van der Waals surface area contributed by atoms with Gasteiger partial charge in [-0.15, -0.1) is 13.2 Å². The molecular weight excluding hydrogens is 268 g/mol. The van der Waals surface area contributed by atoms with E-state index >= 15 is 0 Å². The van der Waals surface area contributed by atoms with Gasteiger partial charge in [-0.2, -0.15) is 0 Å². The summed E-state index contributed by atoms with van der Waals surface area (Å²) >= 11 is 0. The van der Waals surface area contributed by atoms with Crippen molar-refractivity contribution in [2.75, 3.05) is 20.2 Å². The maximum absolute atomic E-state index is 12.0. The van der Waals surface area contributed by atoms with Gasteiger partial charge in [-0.1, -0.05) is 30.4 Å². The number of carbonyl (C=O) groups is 2. The first-order valence-corrected chi connectivity index (χ1v) is 6.54. The largest absolute Gasteiger partial charge is 0.496 e. The number of para-hydroxylation sites is 1. The van der Waals surface area contributed by atoms with E-state index in [-0.39, 0.29) is 6.54 Å². The third-order valence-corrected chi connectivity index (χ3v) is 2.81. The van der Waals surface area contributed by atoms with E-state index in [9.17, 15) is 9.59 Å². The first-order chi connectivity index (χ1) is 10.1. The second kappa shape index (κ2) is 8.58. The fourth-order valence-corrected chi connectivity index (χ4v) is 1.80. The van der Waals surface area contributed by atoms with Crippen LogP contribution >= 0.6 is 0 Å². The fraction of sp³-hybridized carbons (Fsp3) is 0.250. The first kappa shape index (κ1) is 16.5. The predicted octanol–water partition coefficient (Wildman–Crippen LogP) is 1.51. The number of rotatable bonds is 7. The van der Waals surface area contributed by atoms with Gasteiger partial charge in [0.25, 0.3) is 0 Å². The molecular formula is C16H20N2O3. The highest BCUT2D eigenvalue weighted by molar-refractivity contribution is 6.35. The molecule has 1 aromatic carbocycles. The van der Waals surface area contributed by atoms with Crippen molar-refractivity contribution in [2.24, 2.45) is 0 Å². The second-order valence-corrected chi connectivity index (χ2v) is 4.28. The Labute approximate surface area is 124 Å². The van der Waals surface area contributed by atoms with Crippen LogP contribution in [0.4, 0.5) is 0 Å². The molecule has 5 heteroatoms. The Morgan fingerprint density at radius 1 is 1.24 bits per heavy atom. The summed E-state index contributed by atoms with van der Waals surface area (Å²) in [5, 5.41) is 2.59. The zero-order chi connectivity index (χ0) is 15.7. The van der Waals surface area contributed by atoms with Crippen LogP contribution in [-0.2, 0) is 16.1 Å². The van der Waals surface area contributed by atoms with Gasteiger partial charge in [0.05, 0.1) is 7.11 Å². The molecule has 0 atom stereocenters. The van der Waals surface area contributed by atoms with Gasteiger partial charge in [0.2, 0.25) is 0 Å². The molecule has 0 radical (unpaired) electrons. The van der Waals surface area contributed by atoms with Crippen LogP contribution in [0.2, 0.25) is 0 Å². The van der Waals surface area contributed by atoms with E-state index in [1.54, 1.807) is 25.3 Å². The maximum Gasteiger partial charge on any atom is 0.312 e. The van der Waals surface area contributed by atoms with Crippen molar-refractivity contribution in [2.45, 2.75) is 6.54 Å². The molecule has 0 aromatic heterocycles. The van der Waals surface area contributed by atoms with Gasteiger partial charge >= 0.3 is 11.8 Å². The summed E-state index contributed by atoms with van der Waals surface area (Å²) in [5.41, 5.74) is 0.806. The average molecular weight is 288 g/mol. The van der Waals surface area contributed by atoms with Gasteiger partial charge in [0.15, 0.2) is 0 Å². The molecule has 0 heterocycles. The zero-order valence-electron chi connectivity index (χ0n) is 12.2. The molecule has 0 bridgehead atoms. The Bertz CT molecular complexity index is 516. The number of carbonyl (C=O) groups excluding carboxylic acids is 2. The van der Waals surface area contributed by atoms with E-state index < -0.39 is 11.8 Å². The molecule has 21 heavy (non-hydrogen) atoms. The van der Waals surface area contributed by atoms with E-state index in [4.69, 9.17) is 4.74 Å². The lowest BCUT2D eigenvalue weighted by atomic mass is 10.2. The lowest BCUT2D eigenvalue weighted by molar-refractivity contribution is -0.145. The minimum atomic E-state index is -0.662. The van der Waals surface area contributed by atoms with Gasteiger partial charge in [0, 0.05) is 25.2 Å². The van der Waals surface area contributed by atoms with Crippen molar-refractivity contribution in [3.05, 3.63) is 55.1 Å². The smallest absolute Gasteiger partial charge is 0.312 e. The molecule has 1 N–H and O–H groups in total. The van der Waals surface area contributed by atoms with Crippen molar-refractivity contribution in [3.63, 3.8) is 0 Å². The van der Waals surface area contributed by atoms with Crippen LogP contribution in [0.3, 0.4) is 0 Å². The lowest BCUT2D eigenvalue weighted by Crippen LogP contribution is -2.42. The van der Waals surface area contributed by atoms with E-state index in [0.29, 0.717) is 18.8 Å². The normalized spacial score (nSPS) is 9.57. The molecule has 0 spiro atoms. The molecule has 0 saturated heterocycles.